The molecule has 0 aliphatic heterocycles. The number of ether oxygens (including phenoxy) is 1. The number of carbonyl (C=O) groups excluding carboxylic acids is 2. The summed E-state index contributed by atoms with van der Waals surface area (Å²) in [7, 11) is 0. The molecule has 0 spiro atoms. The second-order valence-electron chi connectivity index (χ2n) is 8.52. The zero-order valence-electron chi connectivity index (χ0n) is 19.4. The number of alkyl carbamates (subject to hydrolysis) is 1. The SMILES string of the molecule is CC[C@@H](NC(=O)OCC1c2ccccc2-c2ccccc21)C(=O)NC(Cc1ccccc1)C(=O)O. The molecular formula is C28H28N2O5. The molecule has 0 heterocycles. The Morgan fingerprint density at radius 2 is 1.40 bits per heavy atom. The summed E-state index contributed by atoms with van der Waals surface area (Å²) < 4.78 is 5.52. The molecule has 1 aliphatic carbocycles. The van der Waals surface area contributed by atoms with E-state index in [1.54, 1.807) is 19.1 Å². The van der Waals surface area contributed by atoms with E-state index in [1.807, 2.05) is 54.6 Å². The van der Waals surface area contributed by atoms with Crippen LogP contribution in [0.1, 0.15) is 36.0 Å². The van der Waals surface area contributed by atoms with Crippen LogP contribution in [0.5, 0.6) is 0 Å². The summed E-state index contributed by atoms with van der Waals surface area (Å²) in [5.74, 6) is -1.80. The van der Waals surface area contributed by atoms with Gasteiger partial charge in [-0.3, -0.25) is 4.79 Å². The Kier molecular flexibility index (Phi) is 7.45. The number of nitrogens with one attached hydrogen (secondary N) is 2. The Morgan fingerprint density at radius 3 is 1.97 bits per heavy atom. The quantitative estimate of drug-likeness (QED) is 0.435. The molecule has 35 heavy (non-hydrogen) atoms. The van der Waals surface area contributed by atoms with Crippen LogP contribution in [0.3, 0.4) is 0 Å². The molecule has 3 aromatic carbocycles. The maximum absolute atomic E-state index is 12.8. The van der Waals surface area contributed by atoms with Crippen molar-refractivity contribution in [3.05, 3.63) is 95.6 Å². The van der Waals surface area contributed by atoms with Crippen LogP contribution in [0.25, 0.3) is 11.1 Å². The number of rotatable bonds is 9. The van der Waals surface area contributed by atoms with Crippen molar-refractivity contribution < 1.29 is 24.2 Å². The highest BCUT2D eigenvalue weighted by molar-refractivity contribution is 5.89. The van der Waals surface area contributed by atoms with Gasteiger partial charge in [0, 0.05) is 12.3 Å². The Morgan fingerprint density at radius 1 is 0.829 bits per heavy atom. The first-order chi connectivity index (χ1) is 17.0. The zero-order valence-corrected chi connectivity index (χ0v) is 19.4. The molecule has 0 radical (unpaired) electrons. The number of aliphatic carboxylic acids is 1. The Hall–Kier alpha value is -4.13. The van der Waals surface area contributed by atoms with E-state index in [4.69, 9.17) is 4.74 Å². The van der Waals surface area contributed by atoms with Gasteiger partial charge in [-0.25, -0.2) is 9.59 Å². The monoisotopic (exact) mass is 472 g/mol. The third-order valence-electron chi connectivity index (χ3n) is 6.26. The minimum atomic E-state index is -1.14. The molecule has 0 fully saturated rings. The van der Waals surface area contributed by atoms with Crippen LogP contribution in [0.15, 0.2) is 78.9 Å². The minimum absolute atomic E-state index is 0.0932. The van der Waals surface area contributed by atoms with E-state index in [9.17, 15) is 19.5 Å². The molecule has 4 rings (SSSR count). The van der Waals surface area contributed by atoms with E-state index in [2.05, 4.69) is 22.8 Å². The fourth-order valence-corrected chi connectivity index (χ4v) is 4.46. The maximum atomic E-state index is 12.8. The van der Waals surface area contributed by atoms with Gasteiger partial charge in [0.25, 0.3) is 0 Å². The standard InChI is InChI=1S/C28H28N2O5/c1-2-24(26(31)29-25(27(32)33)16-18-10-4-3-5-11-18)30-28(34)35-17-23-21-14-8-6-12-19(21)20-13-7-9-15-22(20)23/h3-15,23-25H,2,16-17H2,1H3,(H,29,31)(H,30,34)(H,32,33)/t24-,25?/m1/s1. The van der Waals surface area contributed by atoms with Crippen LogP contribution < -0.4 is 10.6 Å². The molecule has 2 atom stereocenters. The van der Waals surface area contributed by atoms with Gasteiger partial charge in [0.2, 0.25) is 5.91 Å². The van der Waals surface area contributed by atoms with Crippen molar-refractivity contribution in [2.24, 2.45) is 0 Å². The average molecular weight is 473 g/mol. The maximum Gasteiger partial charge on any atom is 0.407 e. The van der Waals surface area contributed by atoms with Crippen LogP contribution >= 0.6 is 0 Å². The number of fused-ring (bicyclic) bond motifs is 3. The van der Waals surface area contributed by atoms with E-state index >= 15 is 0 Å². The lowest BCUT2D eigenvalue weighted by molar-refractivity contribution is -0.142. The van der Waals surface area contributed by atoms with Gasteiger partial charge in [-0.1, -0.05) is 85.8 Å². The fourth-order valence-electron chi connectivity index (χ4n) is 4.46. The fraction of sp³-hybridized carbons (Fsp3) is 0.250. The van der Waals surface area contributed by atoms with E-state index in [0.717, 1.165) is 27.8 Å². The van der Waals surface area contributed by atoms with Crippen LogP contribution in [-0.2, 0) is 20.7 Å². The number of carbonyl (C=O) groups is 3. The second kappa shape index (κ2) is 10.9. The summed E-state index contributed by atoms with van der Waals surface area (Å²) in [5, 5.41) is 14.7. The zero-order chi connectivity index (χ0) is 24.8. The Bertz CT molecular complexity index is 1170. The van der Waals surface area contributed by atoms with Crippen molar-refractivity contribution in [3.63, 3.8) is 0 Å². The first-order valence-corrected chi connectivity index (χ1v) is 11.7. The van der Waals surface area contributed by atoms with Crippen LogP contribution in [0.4, 0.5) is 4.79 Å². The third kappa shape index (κ3) is 5.51. The van der Waals surface area contributed by atoms with Gasteiger partial charge in [0.15, 0.2) is 0 Å². The van der Waals surface area contributed by atoms with Gasteiger partial charge in [0.05, 0.1) is 0 Å². The summed E-state index contributed by atoms with van der Waals surface area (Å²) in [4.78, 5) is 37.0. The highest BCUT2D eigenvalue weighted by Gasteiger charge is 2.30. The third-order valence-corrected chi connectivity index (χ3v) is 6.26. The second-order valence-corrected chi connectivity index (χ2v) is 8.52. The molecule has 2 amide bonds. The predicted octanol–water partition coefficient (Wildman–Crippen LogP) is 4.12. The van der Waals surface area contributed by atoms with E-state index in [0.29, 0.717) is 0 Å². The molecule has 7 nitrogen and oxygen atoms in total. The van der Waals surface area contributed by atoms with Gasteiger partial charge in [-0.2, -0.15) is 0 Å². The molecule has 3 N–H and O–H groups in total. The Balaban J connectivity index is 1.36. The van der Waals surface area contributed by atoms with Crippen LogP contribution in [-0.4, -0.2) is 41.8 Å². The largest absolute Gasteiger partial charge is 0.480 e. The number of hydrogen-bond acceptors (Lipinski definition) is 4. The molecule has 0 saturated carbocycles. The van der Waals surface area contributed by atoms with Gasteiger partial charge < -0.3 is 20.5 Å². The predicted molar refractivity (Wildman–Crippen MR) is 132 cm³/mol. The molecule has 7 heteroatoms. The van der Waals surface area contributed by atoms with Crippen molar-refractivity contribution in [1.82, 2.24) is 10.6 Å². The molecule has 1 aliphatic rings. The van der Waals surface area contributed by atoms with Gasteiger partial charge in [0.1, 0.15) is 18.7 Å². The van der Waals surface area contributed by atoms with E-state index in [1.165, 1.54) is 0 Å². The lowest BCUT2D eigenvalue weighted by Gasteiger charge is -2.21. The molecule has 3 aromatic rings. The number of carboxylic acids is 1. The number of amides is 2. The van der Waals surface area contributed by atoms with Crippen molar-refractivity contribution in [2.75, 3.05) is 6.61 Å². The molecule has 0 bridgehead atoms. The highest BCUT2D eigenvalue weighted by Crippen LogP contribution is 2.44. The van der Waals surface area contributed by atoms with Gasteiger partial charge >= 0.3 is 12.1 Å². The van der Waals surface area contributed by atoms with Crippen molar-refractivity contribution in [1.29, 1.82) is 0 Å². The summed E-state index contributed by atoms with van der Waals surface area (Å²) in [6, 6.07) is 23.1. The van der Waals surface area contributed by atoms with Gasteiger partial charge in [-0.05, 0) is 34.2 Å². The molecular weight excluding hydrogens is 444 g/mol. The first-order valence-electron chi connectivity index (χ1n) is 11.7. The first kappa shape index (κ1) is 24.0. The van der Waals surface area contributed by atoms with Crippen molar-refractivity contribution in [2.45, 2.75) is 37.8 Å². The number of benzene rings is 3. The smallest absolute Gasteiger partial charge is 0.407 e. The summed E-state index contributed by atoms with van der Waals surface area (Å²) in [6.07, 6.45) is -0.291. The number of carboxylic acid groups (broad SMARTS) is 1. The van der Waals surface area contributed by atoms with Crippen LogP contribution in [0.2, 0.25) is 0 Å². The lowest BCUT2D eigenvalue weighted by Crippen LogP contribution is -2.52. The molecule has 180 valence electrons. The summed E-state index contributed by atoms with van der Waals surface area (Å²) in [5.41, 5.74) is 5.23. The van der Waals surface area contributed by atoms with Crippen molar-refractivity contribution in [3.8, 4) is 11.1 Å². The molecule has 1 unspecified atom stereocenters. The van der Waals surface area contributed by atoms with Crippen molar-refractivity contribution >= 4 is 18.0 Å². The highest BCUT2D eigenvalue weighted by atomic mass is 16.5. The topological polar surface area (TPSA) is 105 Å². The van der Waals surface area contributed by atoms with E-state index in [-0.39, 0.29) is 25.4 Å². The minimum Gasteiger partial charge on any atom is -0.480 e. The van der Waals surface area contributed by atoms with Gasteiger partial charge in [-0.15, -0.1) is 0 Å². The molecule has 0 aromatic heterocycles. The Labute approximate surface area is 204 Å². The normalized spacial score (nSPS) is 13.7. The molecule has 0 saturated heterocycles. The van der Waals surface area contributed by atoms with Crippen LogP contribution in [0, 0.1) is 0 Å². The van der Waals surface area contributed by atoms with E-state index < -0.39 is 30.1 Å². The number of hydrogen-bond donors (Lipinski definition) is 3. The summed E-state index contributed by atoms with van der Waals surface area (Å²) >= 11 is 0. The average Bonchev–Trinajstić information content (AvgIpc) is 3.19. The lowest BCUT2D eigenvalue weighted by atomic mass is 9.98. The summed E-state index contributed by atoms with van der Waals surface area (Å²) in [6.45, 7) is 1.87.